The number of piperidine rings is 1. The van der Waals surface area contributed by atoms with Crippen LogP contribution in [-0.2, 0) is 16.0 Å². The van der Waals surface area contributed by atoms with E-state index in [-0.39, 0.29) is 48.4 Å². The monoisotopic (exact) mass is 726 g/mol. The van der Waals surface area contributed by atoms with E-state index in [4.69, 9.17) is 4.74 Å². The maximum atomic E-state index is 15.3. The Labute approximate surface area is 306 Å². The van der Waals surface area contributed by atoms with E-state index in [0.717, 1.165) is 27.1 Å². The fourth-order valence-corrected chi connectivity index (χ4v) is 6.69. The second kappa shape index (κ2) is 14.3. The number of benzene rings is 3. The van der Waals surface area contributed by atoms with Crippen molar-refractivity contribution in [3.05, 3.63) is 119 Å². The highest BCUT2D eigenvalue weighted by molar-refractivity contribution is 6.24. The van der Waals surface area contributed by atoms with Gasteiger partial charge in [0, 0.05) is 36.5 Å². The summed E-state index contributed by atoms with van der Waals surface area (Å²) in [6.45, 7) is 0.398. The minimum absolute atomic E-state index is 0.0219. The first kappa shape index (κ1) is 34.2. The number of hydrogen-bond donors (Lipinski definition) is 2. The van der Waals surface area contributed by atoms with Gasteiger partial charge in [0.25, 0.3) is 23.5 Å². The zero-order valence-corrected chi connectivity index (χ0v) is 28.6. The number of unbranched alkanes of at least 4 members (excludes halogenated alkanes) is 1. The van der Waals surface area contributed by atoms with Crippen molar-refractivity contribution < 1.29 is 33.1 Å². The van der Waals surface area contributed by atoms with E-state index in [2.05, 4.69) is 36.8 Å². The Bertz CT molecular complexity index is 2520. The summed E-state index contributed by atoms with van der Waals surface area (Å²) < 4.78 is 22.7. The molecule has 1 fully saturated rings. The third-order valence-electron chi connectivity index (χ3n) is 9.41. The van der Waals surface area contributed by atoms with E-state index in [1.807, 2.05) is 24.3 Å². The van der Waals surface area contributed by atoms with Crippen LogP contribution in [0.3, 0.4) is 0 Å². The molecule has 54 heavy (non-hydrogen) atoms. The standard InChI is InChI=1S/C39H31FN8O6/c40-28-19-24(30-21-44-39-43-20-25(48(39)46-30)18-22-8-11-29-23(17-22)5-4-15-41-29)9-10-26(28)35(50)42-14-1-2-16-54-32-7-3-6-27-34(32)38(53)47(37(27)52)31-12-13-33(49)45-36(31)51/h3-11,15,17,19-21,31H,1-2,12-14,16,18H2,(H,42,50)(H,45,49,51). The predicted molar refractivity (Wildman–Crippen MR) is 191 cm³/mol. The summed E-state index contributed by atoms with van der Waals surface area (Å²) in [5, 5.41) is 10.6. The Morgan fingerprint density at radius 2 is 1.81 bits per heavy atom. The maximum Gasteiger partial charge on any atom is 0.266 e. The summed E-state index contributed by atoms with van der Waals surface area (Å²) in [4.78, 5) is 77.1. The van der Waals surface area contributed by atoms with Crippen LogP contribution in [-0.4, -0.2) is 78.2 Å². The van der Waals surface area contributed by atoms with E-state index in [9.17, 15) is 24.0 Å². The first-order chi connectivity index (χ1) is 26.2. The largest absolute Gasteiger partial charge is 0.493 e. The summed E-state index contributed by atoms with van der Waals surface area (Å²) in [6, 6.07) is 17.7. The van der Waals surface area contributed by atoms with Crippen molar-refractivity contribution >= 4 is 46.2 Å². The number of amides is 5. The molecule has 2 aliphatic heterocycles. The number of carbonyl (C=O) groups is 5. The maximum absolute atomic E-state index is 15.3. The van der Waals surface area contributed by atoms with Crippen molar-refractivity contribution in [2.45, 2.75) is 38.1 Å². The zero-order valence-electron chi connectivity index (χ0n) is 28.6. The number of rotatable bonds is 11. The topological polar surface area (TPSA) is 178 Å². The Morgan fingerprint density at radius 1 is 0.944 bits per heavy atom. The van der Waals surface area contributed by atoms with E-state index >= 15 is 4.39 Å². The third kappa shape index (κ3) is 6.51. The lowest BCUT2D eigenvalue weighted by Gasteiger charge is -2.27. The van der Waals surface area contributed by atoms with Gasteiger partial charge in [0.1, 0.15) is 23.3 Å². The molecule has 8 rings (SSSR count). The lowest BCUT2D eigenvalue weighted by atomic mass is 10.0. The number of nitrogens with one attached hydrogen (secondary N) is 2. The molecule has 1 saturated heterocycles. The van der Waals surface area contributed by atoms with Crippen molar-refractivity contribution in [1.82, 2.24) is 40.1 Å². The number of imidazole rings is 1. The average molecular weight is 727 g/mol. The van der Waals surface area contributed by atoms with Gasteiger partial charge in [-0.05, 0) is 67.3 Å². The molecule has 14 nitrogen and oxygen atoms in total. The van der Waals surface area contributed by atoms with Crippen LogP contribution in [0.25, 0.3) is 27.9 Å². The SMILES string of the molecule is O=C1CCC(N2C(=O)c3cccc(OCCCCNC(=O)c4ccc(-c5cnc6ncc(Cc7ccc8ncccc8c7)n6n5)cc4F)c3C2=O)C(=O)N1. The molecule has 1 unspecified atom stereocenters. The highest BCUT2D eigenvalue weighted by Crippen LogP contribution is 2.34. The molecular formula is C39H31FN8O6. The number of pyridine rings is 1. The number of carbonyl (C=O) groups excluding carboxylic acids is 5. The minimum atomic E-state index is -1.08. The fraction of sp³-hybridized carbons (Fsp3) is 0.205. The van der Waals surface area contributed by atoms with Crippen LogP contribution in [0.5, 0.6) is 5.75 Å². The van der Waals surface area contributed by atoms with Gasteiger partial charge in [0.2, 0.25) is 11.8 Å². The van der Waals surface area contributed by atoms with Crippen LogP contribution in [0.15, 0.2) is 85.3 Å². The summed E-state index contributed by atoms with van der Waals surface area (Å²) in [5.74, 6) is -3.11. The van der Waals surface area contributed by atoms with E-state index in [1.54, 1.807) is 35.1 Å². The molecule has 270 valence electrons. The zero-order chi connectivity index (χ0) is 37.3. The average Bonchev–Trinajstić information content (AvgIpc) is 3.69. The Hall–Kier alpha value is -6.90. The van der Waals surface area contributed by atoms with Crippen LogP contribution in [0.2, 0.25) is 0 Å². The summed E-state index contributed by atoms with van der Waals surface area (Å²) in [5.41, 5.74) is 3.67. The smallest absolute Gasteiger partial charge is 0.266 e. The van der Waals surface area contributed by atoms with Crippen LogP contribution >= 0.6 is 0 Å². The number of fused-ring (bicyclic) bond motifs is 3. The highest BCUT2D eigenvalue weighted by Gasteiger charge is 2.46. The molecule has 6 aromatic rings. The Balaban J connectivity index is 0.852. The van der Waals surface area contributed by atoms with Crippen molar-refractivity contribution in [1.29, 1.82) is 0 Å². The molecule has 0 saturated carbocycles. The number of ether oxygens (including phenoxy) is 1. The van der Waals surface area contributed by atoms with Gasteiger partial charge in [-0.25, -0.2) is 18.9 Å². The normalized spacial score (nSPS) is 15.5. The molecular weight excluding hydrogens is 695 g/mol. The molecule has 5 amide bonds. The number of imide groups is 2. The van der Waals surface area contributed by atoms with Crippen LogP contribution in [0.4, 0.5) is 4.39 Å². The molecule has 15 heteroatoms. The van der Waals surface area contributed by atoms with Crippen LogP contribution < -0.4 is 15.4 Å². The van der Waals surface area contributed by atoms with Crippen molar-refractivity contribution in [3.8, 4) is 17.0 Å². The van der Waals surface area contributed by atoms with Gasteiger partial charge < -0.3 is 10.1 Å². The van der Waals surface area contributed by atoms with Crippen molar-refractivity contribution in [2.75, 3.05) is 13.2 Å². The van der Waals surface area contributed by atoms with Gasteiger partial charge in [-0.2, -0.15) is 5.10 Å². The van der Waals surface area contributed by atoms with E-state index < -0.39 is 41.4 Å². The fourth-order valence-electron chi connectivity index (χ4n) is 6.69. The first-order valence-electron chi connectivity index (χ1n) is 17.3. The summed E-state index contributed by atoms with van der Waals surface area (Å²) >= 11 is 0. The third-order valence-corrected chi connectivity index (χ3v) is 9.41. The predicted octanol–water partition coefficient (Wildman–Crippen LogP) is 4.06. The molecule has 0 bridgehead atoms. The Morgan fingerprint density at radius 3 is 2.67 bits per heavy atom. The molecule has 0 spiro atoms. The minimum Gasteiger partial charge on any atom is -0.493 e. The summed E-state index contributed by atoms with van der Waals surface area (Å²) in [7, 11) is 0. The quantitative estimate of drug-likeness (QED) is 0.146. The van der Waals surface area contributed by atoms with E-state index in [1.165, 1.54) is 24.4 Å². The number of aromatic nitrogens is 5. The Kier molecular flexibility index (Phi) is 9.03. The van der Waals surface area contributed by atoms with E-state index in [0.29, 0.717) is 36.3 Å². The second-order valence-electron chi connectivity index (χ2n) is 12.9. The number of hydrogen-bond acceptors (Lipinski definition) is 10. The molecule has 0 radical (unpaired) electrons. The number of halogens is 1. The molecule has 0 aliphatic carbocycles. The molecule has 2 N–H and O–H groups in total. The van der Waals surface area contributed by atoms with Gasteiger partial charge >= 0.3 is 0 Å². The second-order valence-corrected chi connectivity index (χ2v) is 12.9. The lowest BCUT2D eigenvalue weighted by molar-refractivity contribution is -0.136. The molecule has 3 aromatic carbocycles. The highest BCUT2D eigenvalue weighted by atomic mass is 19.1. The van der Waals surface area contributed by atoms with Crippen LogP contribution in [0, 0.1) is 5.82 Å². The molecule has 3 aromatic heterocycles. The van der Waals surface area contributed by atoms with Gasteiger partial charge in [-0.15, -0.1) is 0 Å². The lowest BCUT2D eigenvalue weighted by Crippen LogP contribution is -2.54. The van der Waals surface area contributed by atoms with Crippen molar-refractivity contribution in [2.24, 2.45) is 0 Å². The van der Waals surface area contributed by atoms with Crippen LogP contribution in [0.1, 0.15) is 68.0 Å². The van der Waals surface area contributed by atoms with Gasteiger partial charge in [0.05, 0.1) is 46.9 Å². The molecule has 5 heterocycles. The summed E-state index contributed by atoms with van der Waals surface area (Å²) in [6.07, 6.45) is 6.55. The van der Waals surface area contributed by atoms with Gasteiger partial charge in [-0.1, -0.05) is 24.3 Å². The van der Waals surface area contributed by atoms with Crippen molar-refractivity contribution in [3.63, 3.8) is 0 Å². The molecule has 1 atom stereocenters. The van der Waals surface area contributed by atoms with Gasteiger partial charge in [0.15, 0.2) is 0 Å². The molecule has 2 aliphatic rings. The number of nitrogens with zero attached hydrogens (tertiary/aromatic N) is 6. The first-order valence-corrected chi connectivity index (χ1v) is 17.3. The van der Waals surface area contributed by atoms with Gasteiger partial charge in [-0.3, -0.25) is 39.2 Å².